The van der Waals surface area contributed by atoms with Gasteiger partial charge in [-0.2, -0.15) is 10.5 Å². The van der Waals surface area contributed by atoms with Crippen LogP contribution in [0.25, 0.3) is 11.1 Å². The maximum absolute atomic E-state index is 13.6. The van der Waals surface area contributed by atoms with E-state index in [1.165, 1.54) is 48.0 Å². The summed E-state index contributed by atoms with van der Waals surface area (Å²) in [5.41, 5.74) is 1.77. The molecule has 10 nitrogen and oxygen atoms in total. The van der Waals surface area contributed by atoms with Gasteiger partial charge >= 0.3 is 7.12 Å². The molecule has 0 aliphatic heterocycles. The van der Waals surface area contributed by atoms with E-state index in [0.29, 0.717) is 23.2 Å². The van der Waals surface area contributed by atoms with Crippen LogP contribution in [-0.4, -0.2) is 59.2 Å². The average molecular weight is 1160 g/mol. The second-order valence-corrected chi connectivity index (χ2v) is 17.4. The van der Waals surface area contributed by atoms with Crippen LogP contribution in [0.3, 0.4) is 0 Å². The molecule has 372 valence electrons. The van der Waals surface area contributed by atoms with Gasteiger partial charge in [0.1, 0.15) is 58.0 Å². The number of hydrogen-bond acceptors (Lipinski definition) is 8. The van der Waals surface area contributed by atoms with Gasteiger partial charge in [-0.05, 0) is 102 Å². The summed E-state index contributed by atoms with van der Waals surface area (Å²) in [6.45, 7) is 12.0. The van der Waals surface area contributed by atoms with Gasteiger partial charge in [-0.15, -0.1) is 26.4 Å². The molecule has 4 N–H and O–H groups in total. The Kier molecular flexibility index (Phi) is 41.7. The van der Waals surface area contributed by atoms with Crippen LogP contribution in [0.15, 0.2) is 102 Å². The number of aryl methyl sites for hydroxylation is 1. The van der Waals surface area contributed by atoms with E-state index < -0.39 is 53.5 Å². The number of rotatable bonds is 12. The van der Waals surface area contributed by atoms with E-state index in [2.05, 4.69) is 73.7 Å². The first kappa shape index (κ1) is 68.0. The second-order valence-electron chi connectivity index (χ2n) is 13.5. The van der Waals surface area contributed by atoms with Crippen molar-refractivity contribution in [3.8, 4) is 34.8 Å². The molecule has 0 bridgehead atoms. The van der Waals surface area contributed by atoms with Crippen molar-refractivity contribution in [2.24, 2.45) is 0 Å². The molecule has 5 aromatic rings. The van der Waals surface area contributed by atoms with Crippen molar-refractivity contribution in [3.63, 3.8) is 0 Å². The minimum atomic E-state index is -1.40. The third-order valence-electron chi connectivity index (χ3n) is 7.86. The zero-order chi connectivity index (χ0) is 51.3. The normalized spacial score (nSPS) is 9.31. The van der Waals surface area contributed by atoms with Crippen molar-refractivity contribution in [1.82, 2.24) is 0 Å². The SMILES string of the molecule is CC(=O)O.CC(=O)O.CCCCCOc1ccc(-c2cc(F)c(C#N)c(F)c2)cc1.CCCCCOc1ccc(B(O)O)cc1.CPP.Cc1ccccc1P.N#Cc1c(F)cc(Br)cc1F.[Pd]. The summed E-state index contributed by atoms with van der Waals surface area (Å²) in [7, 11) is 4.89. The molecule has 0 saturated carbocycles. The van der Waals surface area contributed by atoms with Gasteiger partial charge in [-0.3, -0.25) is 9.59 Å². The van der Waals surface area contributed by atoms with Crippen LogP contribution >= 0.6 is 42.4 Å². The van der Waals surface area contributed by atoms with Gasteiger partial charge in [0.05, 0.1) is 13.2 Å². The van der Waals surface area contributed by atoms with Crippen LogP contribution in [0.1, 0.15) is 82.9 Å². The number of hydrogen-bond donors (Lipinski definition) is 4. The fourth-order valence-electron chi connectivity index (χ4n) is 4.65. The van der Waals surface area contributed by atoms with Gasteiger partial charge in [-0.25, -0.2) is 17.6 Å². The Bertz CT molecular complexity index is 2190. The van der Waals surface area contributed by atoms with Crippen molar-refractivity contribution >= 4 is 72.2 Å². The summed E-state index contributed by atoms with van der Waals surface area (Å²) in [5, 5.41) is 50.8. The summed E-state index contributed by atoms with van der Waals surface area (Å²) in [6, 6.07) is 29.5. The molecular weight excluding hydrogens is 1100 g/mol. The van der Waals surface area contributed by atoms with E-state index in [9.17, 15) is 17.6 Å². The third-order valence-corrected chi connectivity index (χ3v) is 8.97. The number of unbranched alkanes of at least 4 members (excludes halogenated alkanes) is 4. The van der Waals surface area contributed by atoms with Crippen molar-refractivity contribution in [3.05, 3.63) is 141 Å². The fourth-order valence-corrected chi connectivity index (χ4v) is 5.26. The molecule has 0 spiro atoms. The topological polar surface area (TPSA) is 181 Å². The number of nitriles is 2. The number of halogens is 5. The average Bonchev–Trinajstić information content (AvgIpc) is 3.26. The Hall–Kier alpha value is -4.24. The Morgan fingerprint density at radius 3 is 1.35 bits per heavy atom. The number of ether oxygens (including phenoxy) is 2. The molecule has 3 atom stereocenters. The summed E-state index contributed by atoms with van der Waals surface area (Å²) in [5.74, 6) is -3.56. The van der Waals surface area contributed by atoms with E-state index in [1.54, 1.807) is 48.5 Å². The molecule has 0 radical (unpaired) electrons. The number of carbonyl (C=O) groups is 2. The van der Waals surface area contributed by atoms with E-state index in [0.717, 1.165) is 78.0 Å². The first-order chi connectivity index (χ1) is 31.7. The van der Waals surface area contributed by atoms with Gasteiger partial charge in [-0.1, -0.05) is 104 Å². The van der Waals surface area contributed by atoms with Crippen LogP contribution in [-0.2, 0) is 30.0 Å². The maximum atomic E-state index is 13.6. The summed E-state index contributed by atoms with van der Waals surface area (Å²) < 4.78 is 63.8. The molecule has 0 saturated heterocycles. The Morgan fingerprint density at radius 2 is 1.04 bits per heavy atom. The minimum absolute atomic E-state index is 0. The van der Waals surface area contributed by atoms with Crippen LogP contribution < -0.4 is 20.2 Å². The Labute approximate surface area is 426 Å². The van der Waals surface area contributed by atoms with Crippen molar-refractivity contribution in [1.29, 1.82) is 10.5 Å². The predicted molar refractivity (Wildman–Crippen MR) is 273 cm³/mol. The van der Waals surface area contributed by atoms with E-state index in [-0.39, 0.29) is 24.9 Å². The summed E-state index contributed by atoms with van der Waals surface area (Å²) >= 11 is 2.89. The summed E-state index contributed by atoms with van der Waals surface area (Å²) in [4.78, 5) is 18.0. The molecule has 5 aromatic carbocycles. The minimum Gasteiger partial charge on any atom is -0.494 e. The molecule has 0 aromatic heterocycles. The molecule has 0 aliphatic rings. The maximum Gasteiger partial charge on any atom is 0.488 e. The van der Waals surface area contributed by atoms with Crippen molar-refractivity contribution in [2.75, 3.05) is 19.9 Å². The van der Waals surface area contributed by atoms with Gasteiger partial charge in [0, 0.05) is 38.7 Å². The molecule has 20 heteroatoms. The van der Waals surface area contributed by atoms with Gasteiger partial charge in [0.25, 0.3) is 11.9 Å². The van der Waals surface area contributed by atoms with Crippen LogP contribution in [0.4, 0.5) is 17.6 Å². The van der Waals surface area contributed by atoms with E-state index in [1.807, 2.05) is 12.1 Å². The Balaban J connectivity index is -0.000000802. The van der Waals surface area contributed by atoms with Crippen LogP contribution in [0, 0.1) is 52.9 Å². The van der Waals surface area contributed by atoms with E-state index in [4.69, 9.17) is 49.8 Å². The molecule has 0 heterocycles. The van der Waals surface area contributed by atoms with Gasteiger partial charge in [0.2, 0.25) is 0 Å². The van der Waals surface area contributed by atoms with Crippen molar-refractivity contribution in [2.45, 2.75) is 73.1 Å². The quantitative estimate of drug-likeness (QED) is 0.0406. The smallest absolute Gasteiger partial charge is 0.488 e. The number of carboxylic acids is 2. The third kappa shape index (κ3) is 33.3. The number of nitrogens with zero attached hydrogens (tertiary/aromatic N) is 2. The van der Waals surface area contributed by atoms with Crippen LogP contribution in [0.2, 0.25) is 0 Å². The molecule has 0 fully saturated rings. The van der Waals surface area contributed by atoms with E-state index >= 15 is 0 Å². The van der Waals surface area contributed by atoms with Gasteiger partial charge in [0.15, 0.2) is 0 Å². The Morgan fingerprint density at radius 1 is 0.691 bits per heavy atom. The molecular formula is C48H59BBrF4N2O8P3Pd. The molecule has 68 heavy (non-hydrogen) atoms. The number of aliphatic carboxylic acids is 2. The molecule has 0 aliphatic carbocycles. The second kappa shape index (κ2) is 41.7. The first-order valence-electron chi connectivity index (χ1n) is 20.6. The zero-order valence-electron chi connectivity index (χ0n) is 38.6. The molecule has 0 amide bonds. The summed E-state index contributed by atoms with van der Waals surface area (Å²) in [6.07, 6.45) is 6.68. The number of carboxylic acid groups (broad SMARTS) is 2. The fraction of sp³-hybridized carbons (Fsp3) is 0.292. The van der Waals surface area contributed by atoms with Gasteiger partial charge < -0.3 is 29.7 Å². The van der Waals surface area contributed by atoms with Crippen LogP contribution in [0.5, 0.6) is 11.5 Å². The monoisotopic (exact) mass is 1160 g/mol. The predicted octanol–water partition coefficient (Wildman–Crippen LogP) is 11.4. The molecule has 3 unspecified atom stereocenters. The van der Waals surface area contributed by atoms with Crippen molar-refractivity contribution < 1.29 is 77.3 Å². The first-order valence-corrected chi connectivity index (χ1v) is 25.2. The zero-order valence-corrected chi connectivity index (χ0v) is 45.1. The standard InChI is InChI=1S/C18H17F2NO.C11H17BO3.C7H2BrF2N.C7H9P.2C2H4O2.CH6P2.Pd/c1-2-3-4-9-22-15-7-5-13(6-8-15)14-10-17(19)16(12-21)18(20)11-14;1-2-3-4-9-15-11-7-5-10(6-8-11)12(13)14;8-4-1-6(9)5(3-11)7(10)2-4;1-6-4-2-3-5-7(6)8;2*1-2(3)4;1-3-2;/h5-8,10-11H,2-4,9H2,1H3;5-8,13-14H,2-4,9H2,1H3;1-2H;2-5H,8H2,1H3;2*1H3,(H,3,4);3H,2H2,1H3;. The molecule has 5 rings (SSSR count). The largest absolute Gasteiger partial charge is 0.494 e. The number of benzene rings is 5.